The molecule has 158 valence electrons. The molecule has 8 heteroatoms. The van der Waals surface area contributed by atoms with Crippen molar-refractivity contribution in [2.45, 2.75) is 20.3 Å². The minimum absolute atomic E-state index is 0.00555. The maximum Gasteiger partial charge on any atom is 0.251 e. The minimum atomic E-state index is -0.603. The number of benzene rings is 2. The van der Waals surface area contributed by atoms with Gasteiger partial charge in [0.05, 0.1) is 11.6 Å². The van der Waals surface area contributed by atoms with Crippen LogP contribution >= 0.6 is 0 Å². The average Bonchev–Trinajstić information content (AvgIpc) is 3.09. The van der Waals surface area contributed by atoms with Crippen LogP contribution in [0.25, 0.3) is 11.4 Å². The molecular formula is C23H21FN4O3. The summed E-state index contributed by atoms with van der Waals surface area (Å²) in [6, 6.07) is 13.0. The van der Waals surface area contributed by atoms with Crippen LogP contribution in [0.2, 0.25) is 0 Å². The molecule has 0 aliphatic carbocycles. The summed E-state index contributed by atoms with van der Waals surface area (Å²) < 4.78 is 14.3. The Morgan fingerprint density at radius 3 is 2.71 bits per heavy atom. The van der Waals surface area contributed by atoms with E-state index in [0.29, 0.717) is 22.8 Å². The van der Waals surface area contributed by atoms with Gasteiger partial charge in [-0.1, -0.05) is 18.2 Å². The molecule has 0 spiro atoms. The van der Waals surface area contributed by atoms with Crippen molar-refractivity contribution in [2.75, 3.05) is 16.8 Å². The lowest BCUT2D eigenvalue weighted by atomic mass is 10.1. The average molecular weight is 420 g/mol. The number of aromatic nitrogens is 2. The van der Waals surface area contributed by atoms with Crippen LogP contribution in [0, 0.1) is 25.6 Å². The first-order chi connectivity index (χ1) is 14.8. The van der Waals surface area contributed by atoms with Crippen LogP contribution in [0.4, 0.5) is 15.8 Å². The number of hydrogen-bond donors (Lipinski definition) is 2. The fraction of sp³-hybridized carbons (Fsp3) is 0.217. The van der Waals surface area contributed by atoms with Crippen LogP contribution in [0.5, 0.6) is 0 Å². The number of aryl methyl sites for hydroxylation is 2. The van der Waals surface area contributed by atoms with Crippen molar-refractivity contribution in [2.24, 2.45) is 5.92 Å². The summed E-state index contributed by atoms with van der Waals surface area (Å²) >= 11 is 0. The highest BCUT2D eigenvalue weighted by Crippen LogP contribution is 2.29. The summed E-state index contributed by atoms with van der Waals surface area (Å²) in [4.78, 5) is 45.2. The van der Waals surface area contributed by atoms with Crippen molar-refractivity contribution in [1.82, 2.24) is 9.97 Å². The molecule has 1 aliphatic rings. The molecule has 2 N–H and O–H groups in total. The third kappa shape index (κ3) is 4.37. The molecule has 4 rings (SSSR count). The molecule has 1 aliphatic heterocycles. The molecule has 3 aromatic rings. The zero-order valence-electron chi connectivity index (χ0n) is 17.1. The molecule has 1 unspecified atom stereocenters. The van der Waals surface area contributed by atoms with Crippen LogP contribution in [-0.2, 0) is 9.59 Å². The monoisotopic (exact) mass is 420 g/mol. The van der Waals surface area contributed by atoms with Gasteiger partial charge >= 0.3 is 0 Å². The van der Waals surface area contributed by atoms with Crippen LogP contribution in [0.15, 0.2) is 53.3 Å². The quantitative estimate of drug-likeness (QED) is 0.678. The van der Waals surface area contributed by atoms with E-state index >= 15 is 0 Å². The lowest BCUT2D eigenvalue weighted by Gasteiger charge is -2.18. The molecule has 2 amide bonds. The summed E-state index contributed by atoms with van der Waals surface area (Å²) in [5.41, 5.74) is 2.42. The van der Waals surface area contributed by atoms with Gasteiger partial charge in [0, 0.05) is 36.0 Å². The Kier molecular flexibility index (Phi) is 5.37. The Balaban J connectivity index is 1.50. The number of anilines is 2. The smallest absolute Gasteiger partial charge is 0.251 e. The summed E-state index contributed by atoms with van der Waals surface area (Å²) in [5.74, 6) is -1.31. The van der Waals surface area contributed by atoms with Gasteiger partial charge in [-0.3, -0.25) is 14.4 Å². The van der Waals surface area contributed by atoms with Gasteiger partial charge in [-0.25, -0.2) is 9.37 Å². The number of rotatable bonds is 4. The Morgan fingerprint density at radius 2 is 1.97 bits per heavy atom. The first-order valence-corrected chi connectivity index (χ1v) is 9.86. The highest BCUT2D eigenvalue weighted by molar-refractivity contribution is 6.03. The van der Waals surface area contributed by atoms with Gasteiger partial charge in [0.2, 0.25) is 11.8 Å². The fourth-order valence-electron chi connectivity index (χ4n) is 3.65. The zero-order chi connectivity index (χ0) is 22.1. The first kappa shape index (κ1) is 20.5. The Bertz CT molecular complexity index is 1240. The van der Waals surface area contributed by atoms with E-state index in [9.17, 15) is 18.8 Å². The number of nitrogens with one attached hydrogen (secondary N) is 2. The normalized spacial score (nSPS) is 15.9. The molecule has 31 heavy (non-hydrogen) atoms. The second-order valence-electron chi connectivity index (χ2n) is 7.67. The molecule has 1 saturated heterocycles. The van der Waals surface area contributed by atoms with E-state index in [0.717, 1.165) is 5.56 Å². The fourth-order valence-corrected chi connectivity index (χ4v) is 3.65. The van der Waals surface area contributed by atoms with Crippen molar-refractivity contribution < 1.29 is 14.0 Å². The highest BCUT2D eigenvalue weighted by Gasteiger charge is 2.36. The van der Waals surface area contributed by atoms with E-state index in [-0.39, 0.29) is 36.0 Å². The number of carbonyl (C=O) groups excluding carboxylic acids is 2. The first-order valence-electron chi connectivity index (χ1n) is 9.86. The van der Waals surface area contributed by atoms with Crippen LogP contribution < -0.4 is 15.8 Å². The zero-order valence-corrected chi connectivity index (χ0v) is 17.1. The van der Waals surface area contributed by atoms with E-state index in [2.05, 4.69) is 15.3 Å². The third-order valence-corrected chi connectivity index (χ3v) is 5.16. The van der Waals surface area contributed by atoms with Gasteiger partial charge in [-0.15, -0.1) is 0 Å². The summed E-state index contributed by atoms with van der Waals surface area (Å²) in [5, 5.41) is 2.81. The van der Waals surface area contributed by atoms with Gasteiger partial charge in [-0.2, -0.15) is 0 Å². The molecule has 1 atom stereocenters. The van der Waals surface area contributed by atoms with Crippen molar-refractivity contribution in [1.29, 1.82) is 0 Å². The third-order valence-electron chi connectivity index (χ3n) is 5.16. The van der Waals surface area contributed by atoms with Crippen LogP contribution in [0.3, 0.4) is 0 Å². The maximum atomic E-state index is 14.3. The number of amides is 2. The SMILES string of the molecule is Cc1ccc(N2CC(C(=O)Nc3cccc(-c4nc(C)cc(=O)[nH]4)c3)CC2=O)c(F)c1. The number of carbonyl (C=O) groups is 2. The second-order valence-corrected chi connectivity index (χ2v) is 7.67. The molecule has 2 heterocycles. The van der Waals surface area contributed by atoms with Gasteiger partial charge in [0.15, 0.2) is 0 Å². The second kappa shape index (κ2) is 8.14. The Hall–Kier alpha value is -3.81. The lowest BCUT2D eigenvalue weighted by molar-refractivity contribution is -0.122. The molecule has 1 aromatic heterocycles. The van der Waals surface area contributed by atoms with Crippen LogP contribution in [-0.4, -0.2) is 28.3 Å². The molecule has 0 saturated carbocycles. The van der Waals surface area contributed by atoms with E-state index < -0.39 is 11.7 Å². The predicted octanol–water partition coefficient (Wildman–Crippen LogP) is 3.18. The predicted molar refractivity (Wildman–Crippen MR) is 115 cm³/mol. The highest BCUT2D eigenvalue weighted by atomic mass is 19.1. The van der Waals surface area contributed by atoms with Crippen molar-refractivity contribution in [3.8, 4) is 11.4 Å². The standard InChI is InChI=1S/C23H21FN4O3/c1-13-6-7-19(18(24)8-13)28-12-16(11-21(28)30)23(31)26-17-5-3-4-15(10-17)22-25-14(2)9-20(29)27-22/h3-10,16H,11-12H2,1-2H3,(H,26,31)(H,25,27,29). The van der Waals surface area contributed by atoms with E-state index in [1.54, 1.807) is 50.2 Å². The topological polar surface area (TPSA) is 95.2 Å². The van der Waals surface area contributed by atoms with Gasteiger partial charge in [0.1, 0.15) is 11.6 Å². The Labute approximate surface area is 177 Å². The maximum absolute atomic E-state index is 14.3. The van der Waals surface area contributed by atoms with Crippen LogP contribution in [0.1, 0.15) is 17.7 Å². The van der Waals surface area contributed by atoms with Gasteiger partial charge < -0.3 is 15.2 Å². The number of hydrogen-bond acceptors (Lipinski definition) is 4. The molecule has 2 aromatic carbocycles. The van der Waals surface area contributed by atoms with Gasteiger partial charge in [-0.05, 0) is 43.7 Å². The minimum Gasteiger partial charge on any atom is -0.326 e. The number of halogens is 1. The van der Waals surface area contributed by atoms with Crippen molar-refractivity contribution in [3.63, 3.8) is 0 Å². The molecule has 0 bridgehead atoms. The van der Waals surface area contributed by atoms with Crippen molar-refractivity contribution >= 4 is 23.2 Å². The van der Waals surface area contributed by atoms with Crippen molar-refractivity contribution in [3.05, 3.63) is 76.0 Å². The summed E-state index contributed by atoms with van der Waals surface area (Å²) in [7, 11) is 0. The molecule has 0 radical (unpaired) electrons. The van der Waals surface area contributed by atoms with E-state index in [4.69, 9.17) is 0 Å². The molecule has 1 fully saturated rings. The largest absolute Gasteiger partial charge is 0.326 e. The van der Waals surface area contributed by atoms with E-state index in [1.807, 2.05) is 0 Å². The number of nitrogens with zero attached hydrogens (tertiary/aromatic N) is 2. The number of H-pyrrole nitrogens is 1. The molecule has 7 nitrogen and oxygen atoms in total. The lowest BCUT2D eigenvalue weighted by Crippen LogP contribution is -2.28. The Morgan fingerprint density at radius 1 is 1.16 bits per heavy atom. The van der Waals surface area contributed by atoms with Gasteiger partial charge in [0.25, 0.3) is 5.56 Å². The summed E-state index contributed by atoms with van der Waals surface area (Å²) in [6.45, 7) is 3.60. The molecular weight excluding hydrogens is 399 g/mol. The summed E-state index contributed by atoms with van der Waals surface area (Å²) in [6.07, 6.45) is 0.00555. The van der Waals surface area contributed by atoms with E-state index in [1.165, 1.54) is 17.0 Å². The number of aromatic amines is 1.